The lowest BCUT2D eigenvalue weighted by Crippen LogP contribution is -2.52. The van der Waals surface area contributed by atoms with Gasteiger partial charge in [0.1, 0.15) is 0 Å². The SMILES string of the molecule is CCOC(=O)CC1CN(SI)CCN1CCO. The normalized spacial score (nSPS) is 22.6. The minimum absolute atomic E-state index is 0.136. The number of carbonyl (C=O) groups excluding carboxylic acids is 1. The molecule has 0 aromatic rings. The minimum Gasteiger partial charge on any atom is -0.466 e. The van der Waals surface area contributed by atoms with Crippen LogP contribution < -0.4 is 0 Å². The van der Waals surface area contributed by atoms with E-state index in [9.17, 15) is 4.79 Å². The lowest BCUT2D eigenvalue weighted by molar-refractivity contribution is -0.145. The van der Waals surface area contributed by atoms with Crippen LogP contribution in [0.1, 0.15) is 13.3 Å². The Kier molecular flexibility index (Phi) is 7.76. The zero-order valence-electron chi connectivity index (χ0n) is 9.97. The zero-order chi connectivity index (χ0) is 12.7. The Morgan fingerprint density at radius 2 is 2.35 bits per heavy atom. The van der Waals surface area contributed by atoms with Gasteiger partial charge in [0.2, 0.25) is 0 Å². The van der Waals surface area contributed by atoms with Crippen LogP contribution in [0.5, 0.6) is 0 Å². The molecule has 0 aromatic heterocycles. The molecule has 1 saturated heterocycles. The van der Waals surface area contributed by atoms with Gasteiger partial charge < -0.3 is 9.84 Å². The molecule has 17 heavy (non-hydrogen) atoms. The summed E-state index contributed by atoms with van der Waals surface area (Å²) >= 11 is 2.25. The molecule has 0 aliphatic carbocycles. The molecule has 1 aliphatic rings. The maximum Gasteiger partial charge on any atom is 0.307 e. The van der Waals surface area contributed by atoms with Gasteiger partial charge >= 0.3 is 5.97 Å². The second-order valence-electron chi connectivity index (χ2n) is 3.88. The van der Waals surface area contributed by atoms with Crippen molar-refractivity contribution >= 4 is 36.3 Å². The van der Waals surface area contributed by atoms with Crippen molar-refractivity contribution in [3.63, 3.8) is 0 Å². The van der Waals surface area contributed by atoms with E-state index in [0.717, 1.165) is 19.6 Å². The van der Waals surface area contributed by atoms with E-state index in [1.165, 1.54) is 0 Å². The lowest BCUT2D eigenvalue weighted by Gasteiger charge is -2.39. The quantitative estimate of drug-likeness (QED) is 0.424. The van der Waals surface area contributed by atoms with Crippen molar-refractivity contribution in [1.29, 1.82) is 0 Å². The number of rotatable bonds is 6. The number of carbonyl (C=O) groups is 1. The Labute approximate surface area is 119 Å². The highest BCUT2D eigenvalue weighted by molar-refractivity contribution is 14.2. The number of hydrogen-bond acceptors (Lipinski definition) is 6. The number of β-amino-alcohol motifs (C(OH)–C–C–N with tert-alkyl or cyclic N) is 1. The number of nitrogens with zero attached hydrogens (tertiary/aromatic N) is 2. The van der Waals surface area contributed by atoms with Crippen molar-refractivity contribution in [3.8, 4) is 0 Å². The molecule has 0 spiro atoms. The van der Waals surface area contributed by atoms with E-state index in [4.69, 9.17) is 9.84 Å². The first-order chi connectivity index (χ1) is 8.21. The highest BCUT2D eigenvalue weighted by atomic mass is 127. The van der Waals surface area contributed by atoms with Crippen LogP contribution in [0, 0.1) is 0 Å². The maximum atomic E-state index is 11.5. The molecule has 1 heterocycles. The summed E-state index contributed by atoms with van der Waals surface area (Å²) in [4.78, 5) is 13.7. The third-order valence-corrected chi connectivity index (χ3v) is 4.96. The Morgan fingerprint density at radius 3 is 2.94 bits per heavy atom. The van der Waals surface area contributed by atoms with Gasteiger partial charge in [-0.05, 0) is 16.0 Å². The van der Waals surface area contributed by atoms with Crippen LogP contribution in [-0.4, -0.2) is 65.7 Å². The van der Waals surface area contributed by atoms with Gasteiger partial charge in [0.15, 0.2) is 0 Å². The minimum atomic E-state index is -0.152. The molecule has 0 amide bonds. The second-order valence-corrected chi connectivity index (χ2v) is 5.72. The third-order valence-electron chi connectivity index (χ3n) is 2.76. The molecule has 1 atom stereocenters. The van der Waals surface area contributed by atoms with E-state index in [1.54, 1.807) is 9.12 Å². The maximum absolute atomic E-state index is 11.5. The Hall–Kier alpha value is 0.430. The molecule has 5 nitrogen and oxygen atoms in total. The molecule has 0 aromatic carbocycles. The second kappa shape index (κ2) is 8.52. The summed E-state index contributed by atoms with van der Waals surface area (Å²) in [5.74, 6) is -0.152. The van der Waals surface area contributed by atoms with E-state index in [1.807, 2.05) is 6.92 Å². The van der Waals surface area contributed by atoms with Gasteiger partial charge in [0.25, 0.3) is 0 Å². The van der Waals surface area contributed by atoms with Crippen LogP contribution in [0.25, 0.3) is 0 Å². The average molecular weight is 374 g/mol. The predicted octanol–water partition coefficient (Wildman–Crippen LogP) is 0.916. The van der Waals surface area contributed by atoms with Gasteiger partial charge in [-0.2, -0.15) is 0 Å². The molecule has 0 radical (unpaired) electrons. The van der Waals surface area contributed by atoms with E-state index in [2.05, 4.69) is 30.4 Å². The first-order valence-corrected chi connectivity index (χ1v) is 9.07. The van der Waals surface area contributed by atoms with Crippen molar-refractivity contribution in [1.82, 2.24) is 9.21 Å². The summed E-state index contributed by atoms with van der Waals surface area (Å²) in [6.45, 7) is 5.70. The number of hydrogen-bond donors (Lipinski definition) is 1. The number of halogens is 1. The van der Waals surface area contributed by atoms with Gasteiger partial charge in [-0.3, -0.25) is 9.69 Å². The van der Waals surface area contributed by atoms with Gasteiger partial charge in [-0.1, -0.05) is 0 Å². The van der Waals surface area contributed by atoms with E-state index >= 15 is 0 Å². The van der Waals surface area contributed by atoms with E-state index in [-0.39, 0.29) is 18.6 Å². The molecule has 1 rings (SSSR count). The molecular formula is C10H19IN2O3S. The Bertz CT molecular complexity index is 246. The van der Waals surface area contributed by atoms with Crippen LogP contribution in [0.2, 0.25) is 0 Å². The van der Waals surface area contributed by atoms with E-state index in [0.29, 0.717) is 19.6 Å². The van der Waals surface area contributed by atoms with Crippen molar-refractivity contribution in [3.05, 3.63) is 0 Å². The number of ether oxygens (including phenoxy) is 1. The molecule has 7 heteroatoms. The molecule has 0 saturated carbocycles. The predicted molar refractivity (Wildman–Crippen MR) is 76.9 cm³/mol. The standard InChI is InChI=1S/C10H19IN2O3S/c1-2-16-10(15)7-9-8-13(17-11)4-3-12(9)5-6-14/h9,14H,2-8H2,1H3. The molecule has 1 N–H and O–H groups in total. The van der Waals surface area contributed by atoms with Gasteiger partial charge in [0, 0.05) is 53.4 Å². The molecule has 100 valence electrons. The number of esters is 1. The zero-order valence-corrected chi connectivity index (χ0v) is 12.9. The summed E-state index contributed by atoms with van der Waals surface area (Å²) in [6, 6.07) is 0.150. The van der Waals surface area contributed by atoms with Gasteiger partial charge in [-0.15, -0.1) is 0 Å². The van der Waals surface area contributed by atoms with Crippen molar-refractivity contribution in [2.24, 2.45) is 0 Å². The van der Waals surface area contributed by atoms with Crippen molar-refractivity contribution < 1.29 is 14.6 Å². The molecule has 1 aliphatic heterocycles. The van der Waals surface area contributed by atoms with Crippen LogP contribution in [0.3, 0.4) is 0 Å². The Balaban J connectivity index is 2.50. The molecular weight excluding hydrogens is 355 g/mol. The summed E-state index contributed by atoms with van der Waals surface area (Å²) in [5.41, 5.74) is 0. The first-order valence-electron chi connectivity index (χ1n) is 5.75. The molecule has 1 fully saturated rings. The molecule has 1 unspecified atom stereocenters. The van der Waals surface area contributed by atoms with Gasteiger partial charge in [0.05, 0.1) is 19.6 Å². The summed E-state index contributed by atoms with van der Waals surface area (Å²) in [6.07, 6.45) is 0.404. The van der Waals surface area contributed by atoms with E-state index < -0.39 is 0 Å². The number of aliphatic hydroxyl groups is 1. The summed E-state index contributed by atoms with van der Waals surface area (Å²) < 4.78 is 7.22. The number of aliphatic hydroxyl groups excluding tert-OH is 1. The fourth-order valence-electron chi connectivity index (χ4n) is 1.96. The Morgan fingerprint density at radius 1 is 1.59 bits per heavy atom. The highest BCUT2D eigenvalue weighted by Crippen LogP contribution is 2.24. The van der Waals surface area contributed by atoms with Crippen LogP contribution in [0.15, 0.2) is 0 Å². The highest BCUT2D eigenvalue weighted by Gasteiger charge is 2.28. The smallest absolute Gasteiger partial charge is 0.307 e. The van der Waals surface area contributed by atoms with Crippen LogP contribution >= 0.6 is 30.3 Å². The van der Waals surface area contributed by atoms with Crippen LogP contribution in [0.4, 0.5) is 0 Å². The third kappa shape index (κ3) is 5.29. The topological polar surface area (TPSA) is 53.0 Å². The first kappa shape index (κ1) is 15.5. The van der Waals surface area contributed by atoms with Crippen molar-refractivity contribution in [2.75, 3.05) is 39.4 Å². The average Bonchev–Trinajstić information content (AvgIpc) is 2.32. The molecule has 0 bridgehead atoms. The largest absolute Gasteiger partial charge is 0.466 e. The van der Waals surface area contributed by atoms with Gasteiger partial charge in [-0.25, -0.2) is 4.31 Å². The summed E-state index contributed by atoms with van der Waals surface area (Å²) in [5, 5.41) is 9.02. The fourth-order valence-corrected chi connectivity index (χ4v) is 3.41. The van der Waals surface area contributed by atoms with Crippen molar-refractivity contribution in [2.45, 2.75) is 19.4 Å². The number of piperazine rings is 1. The lowest BCUT2D eigenvalue weighted by atomic mass is 10.1. The monoisotopic (exact) mass is 374 g/mol. The van der Waals surface area contributed by atoms with Crippen LogP contribution in [-0.2, 0) is 9.53 Å². The fraction of sp³-hybridized carbons (Fsp3) is 0.900. The summed E-state index contributed by atoms with van der Waals surface area (Å²) in [7, 11) is 1.67.